The van der Waals surface area contributed by atoms with Gasteiger partial charge in [0, 0.05) is 34.1 Å². The Morgan fingerprint density at radius 1 is 1.31 bits per heavy atom. The molecule has 0 radical (unpaired) electrons. The molecule has 8 heteroatoms. The number of amides is 1. The van der Waals surface area contributed by atoms with Gasteiger partial charge >= 0.3 is 0 Å². The van der Waals surface area contributed by atoms with Crippen molar-refractivity contribution in [1.29, 1.82) is 0 Å². The summed E-state index contributed by atoms with van der Waals surface area (Å²) in [4.78, 5) is 27.0. The molecule has 1 amide bonds. The molecule has 1 saturated heterocycles. The van der Waals surface area contributed by atoms with E-state index in [4.69, 9.17) is 4.84 Å². The summed E-state index contributed by atoms with van der Waals surface area (Å²) < 4.78 is 0.910. The summed E-state index contributed by atoms with van der Waals surface area (Å²) in [6, 6.07) is 5.49. The van der Waals surface area contributed by atoms with Gasteiger partial charge in [0.05, 0.1) is 11.6 Å². The molecule has 2 aromatic rings. The first-order chi connectivity index (χ1) is 16.2. The lowest BCUT2D eigenvalue weighted by atomic mass is 9.86. The number of nitrogens with zero attached hydrogens (tertiary/aromatic N) is 2. The number of carbonyl (C=O) groups excluding carboxylic acids is 1. The highest BCUT2D eigenvalue weighted by Gasteiger charge is 2.56. The van der Waals surface area contributed by atoms with Crippen LogP contribution in [0.4, 0.5) is 0 Å². The summed E-state index contributed by atoms with van der Waals surface area (Å²) in [6.07, 6.45) is 3.00. The maximum Gasteiger partial charge on any atom is 0.256 e. The average Bonchev–Trinajstić information content (AvgIpc) is 3.36. The first-order valence-electron chi connectivity index (χ1n) is 12.3. The summed E-state index contributed by atoms with van der Waals surface area (Å²) in [5, 5.41) is 13.2. The maximum atomic E-state index is 14.4. The fourth-order valence-electron chi connectivity index (χ4n) is 4.93. The molecule has 0 spiro atoms. The Kier molecular flexibility index (Phi) is 8.54. The van der Waals surface area contributed by atoms with Crippen LogP contribution in [0.25, 0.3) is 0 Å². The van der Waals surface area contributed by atoms with Crippen molar-refractivity contribution >= 4 is 33.2 Å². The molecule has 1 aromatic heterocycles. The number of aliphatic hydroxyl groups is 1. The summed E-state index contributed by atoms with van der Waals surface area (Å²) in [5.41, 5.74) is 3.77. The van der Waals surface area contributed by atoms with Crippen LogP contribution in [-0.2, 0) is 10.3 Å². The number of halogens is 1. The molecule has 1 fully saturated rings. The zero-order valence-electron chi connectivity index (χ0n) is 22.2. The van der Waals surface area contributed by atoms with E-state index in [1.54, 1.807) is 6.20 Å². The number of hydrogen-bond donors (Lipinski definition) is 2. The Hall–Kier alpha value is -1.32. The normalized spacial score (nSPS) is 23.3. The van der Waals surface area contributed by atoms with E-state index in [2.05, 4.69) is 61.0 Å². The molecule has 0 aliphatic carbocycles. The van der Waals surface area contributed by atoms with Gasteiger partial charge in [0.25, 0.3) is 5.91 Å². The average molecular weight is 567 g/mol. The van der Waals surface area contributed by atoms with E-state index in [0.717, 1.165) is 15.0 Å². The van der Waals surface area contributed by atoms with Crippen molar-refractivity contribution in [3.63, 3.8) is 0 Å². The van der Waals surface area contributed by atoms with Crippen molar-refractivity contribution in [2.24, 2.45) is 11.8 Å². The lowest BCUT2D eigenvalue weighted by molar-refractivity contribution is -0.146. The van der Waals surface area contributed by atoms with Crippen molar-refractivity contribution < 1.29 is 14.7 Å². The number of likely N-dealkylation sites (tertiary alicyclic amines) is 1. The van der Waals surface area contributed by atoms with E-state index in [1.165, 1.54) is 11.3 Å². The van der Waals surface area contributed by atoms with Crippen molar-refractivity contribution in [1.82, 2.24) is 15.4 Å². The van der Waals surface area contributed by atoms with Crippen molar-refractivity contribution in [2.45, 2.75) is 91.0 Å². The van der Waals surface area contributed by atoms with Crippen molar-refractivity contribution in [3.8, 4) is 0 Å². The fourth-order valence-corrected chi connectivity index (χ4v) is 6.73. The van der Waals surface area contributed by atoms with Gasteiger partial charge in [0.15, 0.2) is 0 Å². The molecule has 2 N–H and O–H groups in total. The molecule has 3 rings (SSSR count). The van der Waals surface area contributed by atoms with Crippen LogP contribution in [0.3, 0.4) is 0 Å². The Morgan fingerprint density at radius 2 is 2.00 bits per heavy atom. The van der Waals surface area contributed by atoms with Gasteiger partial charge in [-0.25, -0.2) is 4.98 Å². The van der Waals surface area contributed by atoms with E-state index >= 15 is 0 Å². The molecule has 1 aliphatic heterocycles. The molecule has 3 atom stereocenters. The fraction of sp³-hybridized carbons (Fsp3) is 0.630. The first kappa shape index (κ1) is 28.3. The predicted octanol–water partition coefficient (Wildman–Crippen LogP) is 6.46. The number of carbonyl (C=O) groups is 1. The van der Waals surface area contributed by atoms with Crippen LogP contribution in [0, 0.1) is 11.8 Å². The van der Waals surface area contributed by atoms with Crippen molar-refractivity contribution in [2.75, 3.05) is 6.61 Å². The molecular formula is C27H40BrN3O3S. The summed E-state index contributed by atoms with van der Waals surface area (Å²) in [7, 11) is 0. The minimum atomic E-state index is -0.794. The standard InChI is InChI=1S/C27H40BrN3O3S/c1-17(2)14-27(30-34-26(6,7)8)15-19(16-32)22(23-29-11-12-35-23)31(27)24(33)18-9-10-20(21(28)13-18)25(3,4)5/h9-13,17,19,22,30,32H,14-16H2,1-8H3/t19-,22-,27+/m1/s1. The van der Waals surface area contributed by atoms with E-state index in [1.807, 2.05) is 49.3 Å². The molecule has 1 aliphatic rings. The number of hydroxylamine groups is 1. The smallest absolute Gasteiger partial charge is 0.256 e. The summed E-state index contributed by atoms with van der Waals surface area (Å²) >= 11 is 5.22. The number of benzene rings is 1. The highest BCUT2D eigenvalue weighted by atomic mass is 79.9. The Morgan fingerprint density at radius 3 is 2.49 bits per heavy atom. The number of aromatic nitrogens is 1. The van der Waals surface area contributed by atoms with E-state index in [-0.39, 0.29) is 35.8 Å². The third-order valence-electron chi connectivity index (χ3n) is 6.26. The molecule has 1 aromatic carbocycles. The van der Waals surface area contributed by atoms with Crippen LogP contribution >= 0.6 is 27.3 Å². The zero-order valence-corrected chi connectivity index (χ0v) is 24.6. The van der Waals surface area contributed by atoms with Crippen LogP contribution in [0.15, 0.2) is 34.2 Å². The van der Waals surface area contributed by atoms with Crippen LogP contribution in [-0.4, -0.2) is 38.8 Å². The monoisotopic (exact) mass is 565 g/mol. The third-order valence-corrected chi connectivity index (χ3v) is 7.76. The summed E-state index contributed by atoms with van der Waals surface area (Å²) in [5.74, 6) is 0.0101. The minimum Gasteiger partial charge on any atom is -0.396 e. The lowest BCUT2D eigenvalue weighted by Crippen LogP contribution is -2.59. The Bertz CT molecular complexity index is 1010. The number of hydrogen-bond acceptors (Lipinski definition) is 6. The Labute approximate surface area is 222 Å². The molecule has 35 heavy (non-hydrogen) atoms. The number of aliphatic hydroxyl groups excluding tert-OH is 1. The van der Waals surface area contributed by atoms with Gasteiger partial charge in [0.2, 0.25) is 0 Å². The van der Waals surface area contributed by atoms with Gasteiger partial charge in [-0.2, -0.15) is 5.48 Å². The maximum absolute atomic E-state index is 14.4. The zero-order chi connectivity index (χ0) is 26.2. The van der Waals surface area contributed by atoms with Crippen LogP contribution in [0.5, 0.6) is 0 Å². The lowest BCUT2D eigenvalue weighted by Gasteiger charge is -2.43. The summed E-state index contributed by atoms with van der Waals surface area (Å²) in [6.45, 7) is 16.6. The molecule has 0 bridgehead atoms. The topological polar surface area (TPSA) is 74.7 Å². The first-order valence-corrected chi connectivity index (χ1v) is 13.9. The van der Waals surface area contributed by atoms with E-state index < -0.39 is 11.3 Å². The SMILES string of the molecule is CC(C)C[C@@]1(NOC(C)(C)C)C[C@H](CO)[C@H](c2nccs2)N1C(=O)c1ccc(C(C)(C)C)c(Br)c1. The third kappa shape index (κ3) is 6.34. The molecule has 0 saturated carbocycles. The van der Waals surface area contributed by atoms with Gasteiger partial charge in [-0.3, -0.25) is 9.63 Å². The van der Waals surface area contributed by atoms with Crippen LogP contribution < -0.4 is 5.48 Å². The molecule has 6 nitrogen and oxygen atoms in total. The molecular weight excluding hydrogens is 526 g/mol. The van der Waals surface area contributed by atoms with Crippen LogP contribution in [0.1, 0.15) is 95.2 Å². The molecule has 194 valence electrons. The highest BCUT2D eigenvalue weighted by Crippen LogP contribution is 2.49. The second-order valence-corrected chi connectivity index (χ2v) is 13.8. The second kappa shape index (κ2) is 10.6. The quantitative estimate of drug-likeness (QED) is 0.377. The van der Waals surface area contributed by atoms with Crippen molar-refractivity contribution in [3.05, 3.63) is 50.4 Å². The van der Waals surface area contributed by atoms with Crippen LogP contribution in [0.2, 0.25) is 0 Å². The Balaban J connectivity index is 2.15. The number of rotatable bonds is 7. The minimum absolute atomic E-state index is 0.0439. The highest BCUT2D eigenvalue weighted by molar-refractivity contribution is 9.10. The van der Waals surface area contributed by atoms with Gasteiger partial charge < -0.3 is 10.0 Å². The number of thiazole rings is 1. The van der Waals surface area contributed by atoms with Gasteiger partial charge in [-0.05, 0) is 62.6 Å². The van der Waals surface area contributed by atoms with Gasteiger partial charge in [0.1, 0.15) is 10.7 Å². The largest absolute Gasteiger partial charge is 0.396 e. The second-order valence-electron chi connectivity index (χ2n) is 12.0. The van der Waals surface area contributed by atoms with E-state index in [9.17, 15) is 9.90 Å². The van der Waals surface area contributed by atoms with E-state index in [0.29, 0.717) is 18.4 Å². The van der Waals surface area contributed by atoms with Gasteiger partial charge in [-0.1, -0.05) is 56.6 Å². The molecule has 0 unspecified atom stereocenters. The molecule has 2 heterocycles. The number of nitrogens with one attached hydrogen (secondary N) is 1. The predicted molar refractivity (Wildman–Crippen MR) is 145 cm³/mol. The van der Waals surface area contributed by atoms with Gasteiger partial charge in [-0.15, -0.1) is 11.3 Å².